The molecule has 0 heterocycles. The monoisotopic (exact) mass is 377 g/mol. The van der Waals surface area contributed by atoms with E-state index in [1.54, 1.807) is 12.1 Å². The number of rotatable bonds is 9. The molecular formula is C24H27NO3. The van der Waals surface area contributed by atoms with Gasteiger partial charge in [-0.25, -0.2) is 0 Å². The molecule has 0 fully saturated rings. The van der Waals surface area contributed by atoms with Crippen LogP contribution < -0.4 is 14.4 Å². The molecule has 3 aromatic rings. The highest BCUT2D eigenvalue weighted by atomic mass is 16.5. The summed E-state index contributed by atoms with van der Waals surface area (Å²) in [6.45, 7) is 5.48. The van der Waals surface area contributed by atoms with Crippen molar-refractivity contribution in [2.45, 2.75) is 26.7 Å². The molecule has 28 heavy (non-hydrogen) atoms. The molecule has 1 N–H and O–H groups in total. The van der Waals surface area contributed by atoms with Crippen LogP contribution in [0.15, 0.2) is 72.8 Å². The Labute approximate surface area is 167 Å². The number of phenols is 1. The van der Waals surface area contributed by atoms with E-state index in [1.165, 1.54) is 0 Å². The van der Waals surface area contributed by atoms with Crippen LogP contribution in [0.4, 0.5) is 17.1 Å². The molecule has 0 bridgehead atoms. The van der Waals surface area contributed by atoms with Gasteiger partial charge in [-0.1, -0.05) is 38.1 Å². The lowest BCUT2D eigenvalue weighted by Crippen LogP contribution is -2.13. The molecule has 3 rings (SSSR count). The van der Waals surface area contributed by atoms with Gasteiger partial charge in [-0.2, -0.15) is 0 Å². The summed E-state index contributed by atoms with van der Waals surface area (Å²) in [6, 6.07) is 23.1. The Bertz CT molecular complexity index is 826. The van der Waals surface area contributed by atoms with Crippen LogP contribution in [0.25, 0.3) is 0 Å². The molecule has 4 nitrogen and oxygen atoms in total. The lowest BCUT2D eigenvalue weighted by Gasteiger charge is -2.29. The lowest BCUT2D eigenvalue weighted by molar-refractivity contribution is 0.316. The zero-order valence-electron chi connectivity index (χ0n) is 16.5. The maximum atomic E-state index is 9.75. The van der Waals surface area contributed by atoms with Crippen molar-refractivity contribution in [1.29, 1.82) is 0 Å². The maximum Gasteiger partial charge on any atom is 0.143 e. The fourth-order valence-corrected chi connectivity index (χ4v) is 2.96. The number of aromatic hydroxyl groups is 1. The minimum atomic E-state index is 0.231. The minimum Gasteiger partial charge on any atom is -0.508 e. The van der Waals surface area contributed by atoms with Gasteiger partial charge in [0.1, 0.15) is 17.2 Å². The van der Waals surface area contributed by atoms with Crippen LogP contribution in [0.2, 0.25) is 0 Å². The Kier molecular flexibility index (Phi) is 6.79. The molecule has 0 amide bonds. The molecule has 0 aliphatic rings. The van der Waals surface area contributed by atoms with Crippen molar-refractivity contribution in [3.63, 3.8) is 0 Å². The molecular weight excluding hydrogens is 350 g/mol. The van der Waals surface area contributed by atoms with E-state index in [4.69, 9.17) is 9.47 Å². The van der Waals surface area contributed by atoms with Crippen LogP contribution in [0.5, 0.6) is 17.2 Å². The predicted molar refractivity (Wildman–Crippen MR) is 114 cm³/mol. The molecule has 0 saturated heterocycles. The summed E-state index contributed by atoms with van der Waals surface area (Å²) in [7, 11) is 0. The highest BCUT2D eigenvalue weighted by Gasteiger charge is 2.20. The van der Waals surface area contributed by atoms with Crippen LogP contribution >= 0.6 is 0 Å². The quantitative estimate of drug-likeness (QED) is 0.466. The molecule has 0 aliphatic carbocycles. The SMILES string of the molecule is CCCOc1ccccc1N(c1ccc(O)cc1)c1ccccc1OCCC. The van der Waals surface area contributed by atoms with Crippen molar-refractivity contribution in [3.8, 4) is 17.2 Å². The maximum absolute atomic E-state index is 9.75. The first-order valence-electron chi connectivity index (χ1n) is 9.77. The van der Waals surface area contributed by atoms with E-state index in [-0.39, 0.29) is 5.75 Å². The van der Waals surface area contributed by atoms with Crippen LogP contribution in [0.3, 0.4) is 0 Å². The van der Waals surface area contributed by atoms with Gasteiger partial charge in [-0.05, 0) is 61.4 Å². The second-order valence-corrected chi connectivity index (χ2v) is 6.48. The Morgan fingerprint density at radius 2 is 1.14 bits per heavy atom. The van der Waals surface area contributed by atoms with Crippen LogP contribution in [-0.2, 0) is 0 Å². The van der Waals surface area contributed by atoms with Gasteiger partial charge in [0.2, 0.25) is 0 Å². The number of hydrogen-bond acceptors (Lipinski definition) is 4. The van der Waals surface area contributed by atoms with E-state index < -0.39 is 0 Å². The number of nitrogens with zero attached hydrogens (tertiary/aromatic N) is 1. The minimum absolute atomic E-state index is 0.231. The molecule has 0 aromatic heterocycles. The van der Waals surface area contributed by atoms with Gasteiger partial charge in [0, 0.05) is 5.69 Å². The largest absolute Gasteiger partial charge is 0.508 e. The summed E-state index contributed by atoms with van der Waals surface area (Å²) in [5.41, 5.74) is 2.77. The van der Waals surface area contributed by atoms with Gasteiger partial charge >= 0.3 is 0 Å². The van der Waals surface area contributed by atoms with Crippen molar-refractivity contribution in [1.82, 2.24) is 0 Å². The van der Waals surface area contributed by atoms with E-state index in [1.807, 2.05) is 60.7 Å². The summed E-state index contributed by atoms with van der Waals surface area (Å²) < 4.78 is 12.0. The van der Waals surface area contributed by atoms with Gasteiger partial charge in [-0.15, -0.1) is 0 Å². The molecule has 0 saturated carbocycles. The molecule has 0 atom stereocenters. The average Bonchev–Trinajstić information content (AvgIpc) is 2.74. The number of benzene rings is 3. The first kappa shape index (κ1) is 19.6. The van der Waals surface area contributed by atoms with Gasteiger partial charge in [0.05, 0.1) is 24.6 Å². The standard InChI is InChI=1S/C24H27NO3/c1-3-17-27-23-11-7-5-9-21(23)25(19-13-15-20(26)16-14-19)22-10-6-8-12-24(22)28-18-4-2/h5-16,26H,3-4,17-18H2,1-2H3. The molecule has 3 aromatic carbocycles. The fourth-order valence-electron chi connectivity index (χ4n) is 2.96. The highest BCUT2D eigenvalue weighted by molar-refractivity contribution is 5.83. The Morgan fingerprint density at radius 1 is 0.679 bits per heavy atom. The number of para-hydroxylation sites is 4. The number of hydrogen-bond donors (Lipinski definition) is 1. The first-order valence-corrected chi connectivity index (χ1v) is 9.77. The van der Waals surface area contributed by atoms with Gasteiger partial charge in [0.15, 0.2) is 0 Å². The summed E-state index contributed by atoms with van der Waals surface area (Å²) >= 11 is 0. The Hall–Kier alpha value is -3.14. The van der Waals surface area contributed by atoms with Crippen molar-refractivity contribution in [2.24, 2.45) is 0 Å². The van der Waals surface area contributed by atoms with Crippen LogP contribution in [-0.4, -0.2) is 18.3 Å². The van der Waals surface area contributed by atoms with E-state index in [0.29, 0.717) is 13.2 Å². The summed E-state index contributed by atoms with van der Waals surface area (Å²) in [5, 5.41) is 9.75. The molecule has 0 spiro atoms. The molecule has 0 aliphatic heterocycles. The van der Waals surface area contributed by atoms with Gasteiger partial charge < -0.3 is 19.5 Å². The summed E-state index contributed by atoms with van der Waals surface area (Å²) in [6.07, 6.45) is 1.87. The third-order valence-corrected chi connectivity index (χ3v) is 4.24. The third-order valence-electron chi connectivity index (χ3n) is 4.24. The lowest BCUT2D eigenvalue weighted by atomic mass is 10.1. The topological polar surface area (TPSA) is 41.9 Å². The smallest absolute Gasteiger partial charge is 0.143 e. The van der Waals surface area contributed by atoms with Gasteiger partial charge in [-0.3, -0.25) is 0 Å². The van der Waals surface area contributed by atoms with Crippen molar-refractivity contribution in [2.75, 3.05) is 18.1 Å². The predicted octanol–water partition coefficient (Wildman–Crippen LogP) is 6.44. The van der Waals surface area contributed by atoms with Crippen LogP contribution in [0.1, 0.15) is 26.7 Å². The van der Waals surface area contributed by atoms with Crippen molar-refractivity contribution < 1.29 is 14.6 Å². The molecule has 146 valence electrons. The van der Waals surface area contributed by atoms with E-state index in [9.17, 15) is 5.11 Å². The van der Waals surface area contributed by atoms with Gasteiger partial charge in [0.25, 0.3) is 0 Å². The fraction of sp³-hybridized carbons (Fsp3) is 0.250. The molecule has 0 radical (unpaired) electrons. The molecule has 4 heteroatoms. The van der Waals surface area contributed by atoms with E-state index in [2.05, 4.69) is 18.7 Å². The van der Waals surface area contributed by atoms with Crippen LogP contribution in [0, 0.1) is 0 Å². The Balaban J connectivity index is 2.14. The summed E-state index contributed by atoms with van der Waals surface area (Å²) in [4.78, 5) is 2.11. The molecule has 0 unspecified atom stereocenters. The normalized spacial score (nSPS) is 10.5. The van der Waals surface area contributed by atoms with Crippen molar-refractivity contribution in [3.05, 3.63) is 72.8 Å². The summed E-state index contributed by atoms with van der Waals surface area (Å²) in [5.74, 6) is 1.85. The van der Waals surface area contributed by atoms with Crippen molar-refractivity contribution >= 4 is 17.1 Å². The third kappa shape index (κ3) is 4.58. The van der Waals surface area contributed by atoms with E-state index in [0.717, 1.165) is 41.4 Å². The number of anilines is 3. The average molecular weight is 377 g/mol. The first-order chi connectivity index (χ1) is 13.7. The second-order valence-electron chi connectivity index (χ2n) is 6.48. The number of phenolic OH excluding ortho intramolecular Hbond substituents is 1. The second kappa shape index (κ2) is 9.70. The van der Waals surface area contributed by atoms with E-state index >= 15 is 0 Å². The highest BCUT2D eigenvalue weighted by Crippen LogP contribution is 2.44. The number of ether oxygens (including phenoxy) is 2. The Morgan fingerprint density at radius 3 is 1.61 bits per heavy atom. The zero-order chi connectivity index (χ0) is 19.8. The zero-order valence-corrected chi connectivity index (χ0v) is 16.5.